The number of aryl methyl sites for hydroxylation is 2. The molecule has 3 aromatic rings. The number of nitrogens with one attached hydrogen (secondary N) is 2. The van der Waals surface area contributed by atoms with Gasteiger partial charge in [0.2, 0.25) is 5.91 Å². The van der Waals surface area contributed by atoms with Crippen LogP contribution in [0.25, 0.3) is 5.13 Å². The lowest BCUT2D eigenvalue weighted by atomic mass is 10.1. The normalized spacial score (nSPS) is 10.7. The Morgan fingerprint density at radius 2 is 1.93 bits per heavy atom. The number of rotatable bonds is 5. The maximum atomic E-state index is 12.9. The van der Waals surface area contributed by atoms with E-state index in [9.17, 15) is 9.59 Å². The quantitative estimate of drug-likeness (QED) is 0.684. The molecule has 0 saturated heterocycles. The van der Waals surface area contributed by atoms with E-state index >= 15 is 0 Å². The van der Waals surface area contributed by atoms with E-state index in [0.29, 0.717) is 23.4 Å². The smallest absolute Gasteiger partial charge is 0.257 e. The van der Waals surface area contributed by atoms with Crippen molar-refractivity contribution in [3.8, 4) is 5.13 Å². The highest BCUT2D eigenvalue weighted by atomic mass is 32.1. The topological polar surface area (TPSA) is 76.0 Å². The summed E-state index contributed by atoms with van der Waals surface area (Å²) < 4.78 is 1.98. The van der Waals surface area contributed by atoms with Gasteiger partial charge in [0.1, 0.15) is 0 Å². The summed E-state index contributed by atoms with van der Waals surface area (Å²) in [6.45, 7) is 7.58. The van der Waals surface area contributed by atoms with Crippen LogP contribution in [0.1, 0.15) is 40.7 Å². The highest BCUT2D eigenvalue weighted by Gasteiger charge is 2.18. The highest BCUT2D eigenvalue weighted by Crippen LogP contribution is 2.25. The first kappa shape index (κ1) is 18.8. The van der Waals surface area contributed by atoms with Gasteiger partial charge in [0.15, 0.2) is 5.13 Å². The molecule has 6 nitrogen and oxygen atoms in total. The average molecular weight is 382 g/mol. The van der Waals surface area contributed by atoms with Crippen LogP contribution in [-0.4, -0.2) is 21.4 Å². The highest BCUT2D eigenvalue weighted by molar-refractivity contribution is 7.12. The fourth-order valence-electron chi connectivity index (χ4n) is 2.89. The van der Waals surface area contributed by atoms with Gasteiger partial charge in [-0.2, -0.15) is 0 Å². The number of hydrogen-bond donors (Lipinski definition) is 2. The van der Waals surface area contributed by atoms with Gasteiger partial charge >= 0.3 is 0 Å². The number of thiazole rings is 1. The van der Waals surface area contributed by atoms with Crippen LogP contribution in [0.5, 0.6) is 0 Å². The van der Waals surface area contributed by atoms with E-state index in [1.807, 2.05) is 48.9 Å². The minimum atomic E-state index is -0.187. The van der Waals surface area contributed by atoms with Gasteiger partial charge in [0.05, 0.1) is 5.56 Å². The number of carbonyl (C=O) groups excluding carboxylic acids is 2. The second kappa shape index (κ2) is 7.75. The summed E-state index contributed by atoms with van der Waals surface area (Å²) in [6, 6.07) is 7.34. The molecular weight excluding hydrogens is 360 g/mol. The molecule has 2 aromatic heterocycles. The molecule has 0 aliphatic heterocycles. The molecular formula is C20H22N4O2S. The zero-order valence-electron chi connectivity index (χ0n) is 15.8. The number of benzene rings is 1. The maximum Gasteiger partial charge on any atom is 0.257 e. The van der Waals surface area contributed by atoms with E-state index in [1.54, 1.807) is 19.2 Å². The predicted molar refractivity (Wildman–Crippen MR) is 109 cm³/mol. The SMILES string of the molecule is CCC(=O)Nc1ccc(C)c(NC(=O)c2cc(C)n(-c3nccs3)c2C)c1. The Balaban J connectivity index is 1.87. The van der Waals surface area contributed by atoms with Crippen LogP contribution in [0, 0.1) is 20.8 Å². The zero-order valence-corrected chi connectivity index (χ0v) is 16.6. The molecule has 0 aliphatic carbocycles. The zero-order chi connectivity index (χ0) is 19.6. The van der Waals surface area contributed by atoms with Gasteiger partial charge in [-0.1, -0.05) is 13.0 Å². The van der Waals surface area contributed by atoms with Crippen LogP contribution in [0.3, 0.4) is 0 Å². The Labute approximate surface area is 162 Å². The first-order valence-electron chi connectivity index (χ1n) is 8.71. The van der Waals surface area contributed by atoms with Crippen LogP contribution >= 0.6 is 11.3 Å². The molecule has 0 radical (unpaired) electrons. The second-order valence-electron chi connectivity index (χ2n) is 6.32. The Bertz CT molecular complexity index is 990. The Kier molecular flexibility index (Phi) is 5.41. The molecule has 0 bridgehead atoms. The van der Waals surface area contributed by atoms with Crippen molar-refractivity contribution in [2.75, 3.05) is 10.6 Å². The number of aromatic nitrogens is 2. The fraction of sp³-hybridized carbons (Fsp3) is 0.250. The summed E-state index contributed by atoms with van der Waals surface area (Å²) in [5.74, 6) is -0.254. The summed E-state index contributed by atoms with van der Waals surface area (Å²) in [5, 5.41) is 8.53. The van der Waals surface area contributed by atoms with Crippen molar-refractivity contribution >= 4 is 34.5 Å². The minimum Gasteiger partial charge on any atom is -0.326 e. The lowest BCUT2D eigenvalue weighted by molar-refractivity contribution is -0.115. The van der Waals surface area contributed by atoms with Gasteiger partial charge < -0.3 is 10.6 Å². The number of hydrogen-bond acceptors (Lipinski definition) is 4. The van der Waals surface area contributed by atoms with Gasteiger partial charge in [0.25, 0.3) is 5.91 Å². The lowest BCUT2D eigenvalue weighted by Crippen LogP contribution is -2.15. The molecule has 0 atom stereocenters. The van der Waals surface area contributed by atoms with Crippen molar-refractivity contribution in [1.29, 1.82) is 0 Å². The maximum absolute atomic E-state index is 12.9. The van der Waals surface area contributed by atoms with Gasteiger partial charge in [-0.15, -0.1) is 11.3 Å². The standard InChI is InChI=1S/C20H22N4O2S/c1-5-18(25)22-15-7-6-12(2)17(11-15)23-19(26)16-10-13(3)24(14(16)4)20-21-8-9-27-20/h6-11H,5H2,1-4H3,(H,22,25)(H,23,26). The minimum absolute atomic E-state index is 0.0666. The molecule has 0 saturated carbocycles. The Morgan fingerprint density at radius 1 is 1.15 bits per heavy atom. The molecule has 2 N–H and O–H groups in total. The molecule has 1 aromatic carbocycles. The lowest BCUT2D eigenvalue weighted by Gasteiger charge is -2.12. The second-order valence-corrected chi connectivity index (χ2v) is 7.19. The summed E-state index contributed by atoms with van der Waals surface area (Å²) in [5.41, 5.74) is 4.65. The van der Waals surface area contributed by atoms with Crippen LogP contribution < -0.4 is 10.6 Å². The average Bonchev–Trinajstić information content (AvgIpc) is 3.25. The molecule has 0 fully saturated rings. The molecule has 140 valence electrons. The third kappa shape index (κ3) is 3.93. The molecule has 7 heteroatoms. The van der Waals surface area contributed by atoms with Gasteiger partial charge in [0, 0.05) is 40.8 Å². The predicted octanol–water partition coefficient (Wildman–Crippen LogP) is 4.46. The van der Waals surface area contributed by atoms with E-state index < -0.39 is 0 Å². The fourth-order valence-corrected chi connectivity index (χ4v) is 3.64. The van der Waals surface area contributed by atoms with Crippen molar-refractivity contribution in [3.05, 3.63) is 58.4 Å². The molecule has 2 heterocycles. The summed E-state index contributed by atoms with van der Waals surface area (Å²) in [6.07, 6.45) is 2.15. The van der Waals surface area contributed by atoms with Gasteiger partial charge in [-0.05, 0) is 44.5 Å². The third-order valence-corrected chi connectivity index (χ3v) is 5.13. The third-order valence-electron chi connectivity index (χ3n) is 4.38. The Morgan fingerprint density at radius 3 is 2.59 bits per heavy atom. The molecule has 3 rings (SSSR count). The van der Waals surface area contributed by atoms with Crippen LogP contribution in [-0.2, 0) is 4.79 Å². The van der Waals surface area contributed by atoms with Crippen molar-refractivity contribution in [2.24, 2.45) is 0 Å². The molecule has 0 aliphatic rings. The van der Waals surface area contributed by atoms with E-state index in [2.05, 4.69) is 15.6 Å². The monoisotopic (exact) mass is 382 g/mol. The van der Waals surface area contributed by atoms with E-state index in [4.69, 9.17) is 0 Å². The van der Waals surface area contributed by atoms with Gasteiger partial charge in [-0.3, -0.25) is 14.2 Å². The Hall–Kier alpha value is -2.93. The van der Waals surface area contributed by atoms with Crippen LogP contribution in [0.15, 0.2) is 35.8 Å². The van der Waals surface area contributed by atoms with Crippen LogP contribution in [0.2, 0.25) is 0 Å². The van der Waals surface area contributed by atoms with Crippen molar-refractivity contribution in [1.82, 2.24) is 9.55 Å². The van der Waals surface area contributed by atoms with Crippen LogP contribution in [0.4, 0.5) is 11.4 Å². The number of anilines is 2. The summed E-state index contributed by atoms with van der Waals surface area (Å²) in [4.78, 5) is 28.8. The number of amides is 2. The molecule has 0 spiro atoms. The molecule has 2 amide bonds. The van der Waals surface area contributed by atoms with Crippen molar-refractivity contribution < 1.29 is 9.59 Å². The van der Waals surface area contributed by atoms with Crippen molar-refractivity contribution in [3.63, 3.8) is 0 Å². The van der Waals surface area contributed by atoms with E-state index in [1.165, 1.54) is 11.3 Å². The summed E-state index contributed by atoms with van der Waals surface area (Å²) in [7, 11) is 0. The van der Waals surface area contributed by atoms with E-state index in [-0.39, 0.29) is 11.8 Å². The summed E-state index contributed by atoms with van der Waals surface area (Å²) >= 11 is 1.53. The van der Waals surface area contributed by atoms with Crippen molar-refractivity contribution in [2.45, 2.75) is 34.1 Å². The largest absolute Gasteiger partial charge is 0.326 e. The molecule has 0 unspecified atom stereocenters. The first-order chi connectivity index (χ1) is 12.9. The first-order valence-corrected chi connectivity index (χ1v) is 9.59. The van der Waals surface area contributed by atoms with E-state index in [0.717, 1.165) is 22.1 Å². The van der Waals surface area contributed by atoms with Gasteiger partial charge in [-0.25, -0.2) is 4.98 Å². The number of nitrogens with zero attached hydrogens (tertiary/aromatic N) is 2. The number of carbonyl (C=O) groups is 2. The molecule has 27 heavy (non-hydrogen) atoms.